The average molecular weight is 270 g/mol. The molecule has 0 radical (unpaired) electrons. The van der Waals surface area contributed by atoms with Crippen LogP contribution < -0.4 is 15.8 Å². The summed E-state index contributed by atoms with van der Waals surface area (Å²) in [7, 11) is 1.67. The molecule has 104 valence electrons. The van der Waals surface area contributed by atoms with E-state index < -0.39 is 5.91 Å². The maximum absolute atomic E-state index is 11.0. The molecule has 2 rings (SSSR count). The van der Waals surface area contributed by atoms with E-state index in [-0.39, 0.29) is 0 Å². The molecule has 0 heterocycles. The van der Waals surface area contributed by atoms with Gasteiger partial charge in [0.15, 0.2) is 0 Å². The van der Waals surface area contributed by atoms with Gasteiger partial charge in [-0.1, -0.05) is 12.1 Å². The van der Waals surface area contributed by atoms with Gasteiger partial charge in [-0.3, -0.25) is 4.79 Å². The normalized spacial score (nSPS) is 10.1. The van der Waals surface area contributed by atoms with Gasteiger partial charge in [0.05, 0.1) is 7.11 Å². The van der Waals surface area contributed by atoms with Crippen molar-refractivity contribution in [2.75, 3.05) is 12.4 Å². The number of amides is 1. The first-order valence-electron chi connectivity index (χ1n) is 6.37. The topological polar surface area (TPSA) is 64.3 Å². The molecule has 2 aromatic carbocycles. The highest BCUT2D eigenvalue weighted by Gasteiger charge is 2.01. The lowest BCUT2D eigenvalue weighted by atomic mass is 10.1. The van der Waals surface area contributed by atoms with Gasteiger partial charge >= 0.3 is 0 Å². The van der Waals surface area contributed by atoms with Crippen LogP contribution in [0.1, 0.15) is 21.5 Å². The van der Waals surface area contributed by atoms with Crippen molar-refractivity contribution in [3.63, 3.8) is 0 Å². The highest BCUT2D eigenvalue weighted by molar-refractivity contribution is 5.93. The standard InChI is InChI=1S/C16H18N2O2/c1-11-9-12(3-8-15(11)20-2)10-18-14-6-4-13(5-7-14)16(17)19/h3-9,18H,10H2,1-2H3,(H2,17,19). The first-order valence-corrected chi connectivity index (χ1v) is 6.37. The zero-order chi connectivity index (χ0) is 14.5. The molecule has 0 atom stereocenters. The number of methoxy groups -OCH3 is 1. The maximum Gasteiger partial charge on any atom is 0.248 e. The summed E-state index contributed by atoms with van der Waals surface area (Å²) in [5.41, 5.74) is 8.94. The van der Waals surface area contributed by atoms with Gasteiger partial charge in [-0.2, -0.15) is 0 Å². The van der Waals surface area contributed by atoms with E-state index in [1.165, 1.54) is 5.56 Å². The molecule has 2 aromatic rings. The molecule has 0 spiro atoms. The highest BCUT2D eigenvalue weighted by atomic mass is 16.5. The van der Waals surface area contributed by atoms with Gasteiger partial charge in [0.25, 0.3) is 0 Å². The summed E-state index contributed by atoms with van der Waals surface area (Å²) >= 11 is 0. The van der Waals surface area contributed by atoms with Crippen LogP contribution in [0, 0.1) is 6.92 Å². The minimum atomic E-state index is -0.415. The number of rotatable bonds is 5. The molecule has 0 aliphatic heterocycles. The van der Waals surface area contributed by atoms with Gasteiger partial charge in [-0.15, -0.1) is 0 Å². The van der Waals surface area contributed by atoms with E-state index >= 15 is 0 Å². The molecular formula is C16H18N2O2. The summed E-state index contributed by atoms with van der Waals surface area (Å²) in [5, 5.41) is 3.30. The summed E-state index contributed by atoms with van der Waals surface area (Å²) < 4.78 is 5.23. The predicted octanol–water partition coefficient (Wildman–Crippen LogP) is 2.71. The Morgan fingerprint density at radius 3 is 2.45 bits per heavy atom. The zero-order valence-electron chi connectivity index (χ0n) is 11.6. The monoisotopic (exact) mass is 270 g/mol. The smallest absolute Gasteiger partial charge is 0.248 e. The fourth-order valence-electron chi connectivity index (χ4n) is 2.01. The van der Waals surface area contributed by atoms with Crippen LogP contribution in [0.3, 0.4) is 0 Å². The highest BCUT2D eigenvalue weighted by Crippen LogP contribution is 2.19. The van der Waals surface area contributed by atoms with E-state index in [4.69, 9.17) is 10.5 Å². The number of carbonyl (C=O) groups is 1. The Kier molecular flexibility index (Phi) is 4.25. The minimum Gasteiger partial charge on any atom is -0.496 e. The minimum absolute atomic E-state index is 0.415. The molecule has 0 saturated carbocycles. The third kappa shape index (κ3) is 3.29. The molecule has 20 heavy (non-hydrogen) atoms. The van der Waals surface area contributed by atoms with Gasteiger partial charge in [-0.25, -0.2) is 0 Å². The van der Waals surface area contributed by atoms with Gasteiger partial charge in [0.1, 0.15) is 5.75 Å². The number of nitrogens with two attached hydrogens (primary N) is 1. The van der Waals surface area contributed by atoms with Gasteiger partial charge in [-0.05, 0) is 48.4 Å². The lowest BCUT2D eigenvalue weighted by molar-refractivity contribution is 0.100. The molecule has 0 aromatic heterocycles. The van der Waals surface area contributed by atoms with Crippen LogP contribution in [0.25, 0.3) is 0 Å². The van der Waals surface area contributed by atoms with Crippen LogP contribution in [0.15, 0.2) is 42.5 Å². The largest absolute Gasteiger partial charge is 0.496 e. The Labute approximate surface area is 118 Å². The molecule has 0 unspecified atom stereocenters. The van der Waals surface area contributed by atoms with Gasteiger partial charge in [0.2, 0.25) is 5.91 Å². The number of anilines is 1. The quantitative estimate of drug-likeness (QED) is 0.878. The molecule has 0 fully saturated rings. The van der Waals surface area contributed by atoms with Crippen molar-refractivity contribution in [2.24, 2.45) is 5.73 Å². The van der Waals surface area contributed by atoms with Crippen LogP contribution >= 0.6 is 0 Å². The molecule has 4 heteroatoms. The summed E-state index contributed by atoms with van der Waals surface area (Å²) in [6.45, 7) is 2.73. The van der Waals surface area contributed by atoms with Crippen LogP contribution in [0.2, 0.25) is 0 Å². The number of hydrogen-bond acceptors (Lipinski definition) is 3. The number of hydrogen-bond donors (Lipinski definition) is 2. The van der Waals surface area contributed by atoms with Crippen molar-refractivity contribution in [1.82, 2.24) is 0 Å². The third-order valence-corrected chi connectivity index (χ3v) is 3.13. The number of carbonyl (C=O) groups excluding carboxylic acids is 1. The third-order valence-electron chi connectivity index (χ3n) is 3.13. The average Bonchev–Trinajstić information content (AvgIpc) is 2.45. The molecule has 0 aliphatic carbocycles. The lowest BCUT2D eigenvalue weighted by Gasteiger charge is -2.10. The number of benzene rings is 2. The second kappa shape index (κ2) is 6.10. The molecule has 4 nitrogen and oxygen atoms in total. The molecule has 1 amide bonds. The van der Waals surface area contributed by atoms with E-state index in [0.29, 0.717) is 12.1 Å². The van der Waals surface area contributed by atoms with Crippen LogP contribution in [-0.4, -0.2) is 13.0 Å². The van der Waals surface area contributed by atoms with Crippen molar-refractivity contribution in [2.45, 2.75) is 13.5 Å². The first kappa shape index (κ1) is 13.9. The van der Waals surface area contributed by atoms with Crippen molar-refractivity contribution < 1.29 is 9.53 Å². The fourth-order valence-corrected chi connectivity index (χ4v) is 2.01. The second-order valence-electron chi connectivity index (χ2n) is 4.60. The van der Waals surface area contributed by atoms with E-state index in [2.05, 4.69) is 11.4 Å². The molecular weight excluding hydrogens is 252 g/mol. The van der Waals surface area contributed by atoms with Crippen molar-refractivity contribution in [3.05, 3.63) is 59.2 Å². The van der Waals surface area contributed by atoms with Crippen molar-refractivity contribution in [3.8, 4) is 5.75 Å². The van der Waals surface area contributed by atoms with E-state index in [0.717, 1.165) is 17.0 Å². The molecule has 0 bridgehead atoms. The Bertz CT molecular complexity index is 606. The number of primary amides is 1. The lowest BCUT2D eigenvalue weighted by Crippen LogP contribution is -2.10. The van der Waals surface area contributed by atoms with E-state index in [1.807, 2.05) is 31.2 Å². The van der Waals surface area contributed by atoms with E-state index in [9.17, 15) is 4.79 Å². The van der Waals surface area contributed by atoms with Crippen molar-refractivity contribution in [1.29, 1.82) is 0 Å². The maximum atomic E-state index is 11.0. The summed E-state index contributed by atoms with van der Waals surface area (Å²) in [4.78, 5) is 11.0. The number of aryl methyl sites for hydroxylation is 1. The number of ether oxygens (including phenoxy) is 1. The van der Waals surface area contributed by atoms with E-state index in [1.54, 1.807) is 19.2 Å². The van der Waals surface area contributed by atoms with Crippen molar-refractivity contribution >= 4 is 11.6 Å². The van der Waals surface area contributed by atoms with Crippen LogP contribution in [0.4, 0.5) is 5.69 Å². The SMILES string of the molecule is COc1ccc(CNc2ccc(C(N)=O)cc2)cc1C. The van der Waals surface area contributed by atoms with Crippen LogP contribution in [-0.2, 0) is 6.54 Å². The second-order valence-corrected chi connectivity index (χ2v) is 4.60. The zero-order valence-corrected chi connectivity index (χ0v) is 11.6. The summed E-state index contributed by atoms with van der Waals surface area (Å²) in [5.74, 6) is 0.474. The number of nitrogens with one attached hydrogen (secondary N) is 1. The summed E-state index contributed by atoms with van der Waals surface area (Å²) in [6, 6.07) is 13.2. The van der Waals surface area contributed by atoms with Crippen LogP contribution in [0.5, 0.6) is 5.75 Å². The van der Waals surface area contributed by atoms with Gasteiger partial charge < -0.3 is 15.8 Å². The molecule has 0 saturated heterocycles. The van der Waals surface area contributed by atoms with Gasteiger partial charge in [0, 0.05) is 17.8 Å². The fraction of sp³-hybridized carbons (Fsp3) is 0.188. The molecule has 0 aliphatic rings. The Balaban J connectivity index is 2.01. The predicted molar refractivity (Wildman–Crippen MR) is 80.0 cm³/mol. The summed E-state index contributed by atoms with van der Waals surface area (Å²) in [6.07, 6.45) is 0. The Morgan fingerprint density at radius 1 is 1.20 bits per heavy atom. The molecule has 3 N–H and O–H groups in total. The Morgan fingerprint density at radius 2 is 1.90 bits per heavy atom. The first-order chi connectivity index (χ1) is 9.60. The Hall–Kier alpha value is -2.49.